The van der Waals surface area contributed by atoms with Gasteiger partial charge in [0.2, 0.25) is 5.95 Å². The highest BCUT2D eigenvalue weighted by Crippen LogP contribution is 2.37. The Hall–Kier alpha value is -6.79. The van der Waals surface area contributed by atoms with Gasteiger partial charge < -0.3 is 8.83 Å². The number of aromatic nitrogens is 4. The Balaban J connectivity index is 1.16. The molecule has 0 spiro atoms. The molecular weight excluding hydrogens is 604 g/mol. The van der Waals surface area contributed by atoms with E-state index in [2.05, 4.69) is 108 Å². The molecule has 0 amide bonds. The third kappa shape index (κ3) is 3.85. The summed E-state index contributed by atoms with van der Waals surface area (Å²) >= 11 is 0. The van der Waals surface area contributed by atoms with Gasteiger partial charge >= 0.3 is 0 Å². The smallest absolute Gasteiger partial charge is 0.238 e. The monoisotopic (exact) mass is 628 g/mol. The van der Waals surface area contributed by atoms with Crippen LogP contribution >= 0.6 is 0 Å². The first-order valence-electron chi connectivity index (χ1n) is 16.3. The van der Waals surface area contributed by atoms with E-state index in [-0.39, 0.29) is 0 Å². The lowest BCUT2D eigenvalue weighted by Gasteiger charge is -2.11. The van der Waals surface area contributed by atoms with Crippen molar-refractivity contribution in [1.29, 1.82) is 0 Å². The molecule has 0 saturated carbocycles. The van der Waals surface area contributed by atoms with Crippen LogP contribution in [0.3, 0.4) is 0 Å². The Kier molecular flexibility index (Phi) is 5.29. The van der Waals surface area contributed by atoms with Gasteiger partial charge in [-0.15, -0.1) is 0 Å². The molecule has 228 valence electrons. The van der Waals surface area contributed by atoms with Crippen LogP contribution in [0, 0.1) is 0 Å². The van der Waals surface area contributed by atoms with Crippen LogP contribution < -0.4 is 0 Å². The minimum Gasteiger partial charge on any atom is -0.456 e. The predicted octanol–water partition coefficient (Wildman–Crippen LogP) is 11.3. The molecule has 0 N–H and O–H groups in total. The first-order chi connectivity index (χ1) is 24.3. The Labute approximate surface area is 278 Å². The molecule has 0 atom stereocenters. The van der Waals surface area contributed by atoms with Crippen LogP contribution in [0.2, 0.25) is 0 Å². The van der Waals surface area contributed by atoms with E-state index in [0.29, 0.717) is 17.6 Å². The lowest BCUT2D eigenvalue weighted by molar-refractivity contribution is 0.669. The van der Waals surface area contributed by atoms with Crippen molar-refractivity contribution in [3.63, 3.8) is 0 Å². The number of benzene rings is 7. The van der Waals surface area contributed by atoms with Crippen molar-refractivity contribution in [3.8, 4) is 28.7 Å². The van der Waals surface area contributed by atoms with Crippen molar-refractivity contribution in [1.82, 2.24) is 19.5 Å². The average molecular weight is 629 g/mol. The molecule has 6 heteroatoms. The third-order valence-corrected chi connectivity index (χ3v) is 9.66. The van der Waals surface area contributed by atoms with Crippen LogP contribution in [-0.4, -0.2) is 19.5 Å². The van der Waals surface area contributed by atoms with E-state index in [1.54, 1.807) is 0 Å². The lowest BCUT2D eigenvalue weighted by Crippen LogP contribution is -2.06. The van der Waals surface area contributed by atoms with Crippen molar-refractivity contribution >= 4 is 76.5 Å². The Morgan fingerprint density at radius 2 is 0.918 bits per heavy atom. The maximum absolute atomic E-state index is 6.34. The average Bonchev–Trinajstić information content (AvgIpc) is 3.84. The second kappa shape index (κ2) is 9.86. The van der Waals surface area contributed by atoms with Crippen molar-refractivity contribution in [2.75, 3.05) is 0 Å². The van der Waals surface area contributed by atoms with Crippen LogP contribution in [0.25, 0.3) is 105 Å². The van der Waals surface area contributed by atoms with Gasteiger partial charge in [0.15, 0.2) is 11.6 Å². The van der Waals surface area contributed by atoms with E-state index in [4.69, 9.17) is 23.8 Å². The van der Waals surface area contributed by atoms with Gasteiger partial charge in [-0.3, -0.25) is 4.57 Å². The van der Waals surface area contributed by atoms with Crippen LogP contribution in [0.4, 0.5) is 0 Å². The minimum atomic E-state index is 0.551. The van der Waals surface area contributed by atoms with Crippen molar-refractivity contribution in [2.24, 2.45) is 0 Å². The number of rotatable bonds is 3. The van der Waals surface area contributed by atoms with Crippen molar-refractivity contribution in [3.05, 3.63) is 146 Å². The fourth-order valence-electron chi connectivity index (χ4n) is 7.38. The quantitative estimate of drug-likeness (QED) is 0.195. The summed E-state index contributed by atoms with van der Waals surface area (Å²) in [5.74, 6) is 1.70. The van der Waals surface area contributed by atoms with E-state index < -0.39 is 0 Å². The maximum atomic E-state index is 6.34. The first kappa shape index (κ1) is 26.3. The molecule has 11 rings (SSSR count). The van der Waals surface area contributed by atoms with Gasteiger partial charge in [-0.25, -0.2) is 4.98 Å². The highest BCUT2D eigenvalue weighted by atomic mass is 16.3. The minimum absolute atomic E-state index is 0.551. The zero-order valence-electron chi connectivity index (χ0n) is 26.0. The normalized spacial score (nSPS) is 12.1. The SMILES string of the molecule is c1ccc2c(c1)oc1cc(-c3nc(-c4ccc5c(ccc6c7ccccc7oc56)c4)nc(-n4c5ccccc5c5ccccc54)n3)ccc12. The Bertz CT molecular complexity index is 3080. The molecule has 0 aliphatic carbocycles. The molecule has 7 aromatic carbocycles. The largest absolute Gasteiger partial charge is 0.456 e. The molecule has 11 aromatic rings. The van der Waals surface area contributed by atoms with E-state index in [1.165, 1.54) is 0 Å². The summed E-state index contributed by atoms with van der Waals surface area (Å²) in [6.07, 6.45) is 0. The molecular formula is C43H24N4O2. The van der Waals surface area contributed by atoms with E-state index >= 15 is 0 Å². The Morgan fingerprint density at radius 1 is 0.388 bits per heavy atom. The van der Waals surface area contributed by atoms with E-state index in [0.717, 1.165) is 87.6 Å². The number of hydrogen-bond acceptors (Lipinski definition) is 5. The summed E-state index contributed by atoms with van der Waals surface area (Å²) in [5, 5.41) is 8.74. The molecule has 0 saturated heterocycles. The van der Waals surface area contributed by atoms with Crippen LogP contribution in [0.15, 0.2) is 154 Å². The molecule has 0 aliphatic rings. The number of para-hydroxylation sites is 4. The van der Waals surface area contributed by atoms with Gasteiger partial charge in [0.1, 0.15) is 22.3 Å². The topological polar surface area (TPSA) is 69.9 Å². The van der Waals surface area contributed by atoms with Crippen LogP contribution in [0.5, 0.6) is 0 Å². The summed E-state index contributed by atoms with van der Waals surface area (Å²) in [4.78, 5) is 15.4. The van der Waals surface area contributed by atoms with Gasteiger partial charge in [0.05, 0.1) is 11.0 Å². The second-order valence-corrected chi connectivity index (χ2v) is 12.4. The van der Waals surface area contributed by atoms with Gasteiger partial charge in [-0.05, 0) is 60.0 Å². The third-order valence-electron chi connectivity index (χ3n) is 9.66. The standard InChI is InChI=1S/C43H24N4O2/c1-5-13-35-29(9-1)30-10-2-6-14-36(30)47(35)43-45-41(44-42(46-43)27-19-21-33-31-11-3-7-15-37(31)48-39(33)24-27)26-18-20-28-25(23-26)17-22-34-32-12-4-8-16-38(32)49-40(28)34/h1-24H. The van der Waals surface area contributed by atoms with Gasteiger partial charge in [0.25, 0.3) is 0 Å². The summed E-state index contributed by atoms with van der Waals surface area (Å²) in [6.45, 7) is 0. The van der Waals surface area contributed by atoms with Crippen molar-refractivity contribution in [2.45, 2.75) is 0 Å². The Morgan fingerprint density at radius 3 is 1.63 bits per heavy atom. The summed E-state index contributed by atoms with van der Waals surface area (Å²) in [7, 11) is 0. The molecule has 4 aromatic heterocycles. The molecule has 49 heavy (non-hydrogen) atoms. The number of furan rings is 2. The molecule has 0 fully saturated rings. The molecule has 0 bridgehead atoms. The molecule has 0 radical (unpaired) electrons. The summed E-state index contributed by atoms with van der Waals surface area (Å²) < 4.78 is 14.7. The molecule has 4 heterocycles. The second-order valence-electron chi connectivity index (χ2n) is 12.4. The van der Waals surface area contributed by atoms with E-state index in [9.17, 15) is 0 Å². The van der Waals surface area contributed by atoms with Gasteiger partial charge in [-0.2, -0.15) is 9.97 Å². The summed E-state index contributed by atoms with van der Waals surface area (Å²) in [5.41, 5.74) is 7.21. The predicted molar refractivity (Wildman–Crippen MR) is 197 cm³/mol. The van der Waals surface area contributed by atoms with Crippen LogP contribution in [-0.2, 0) is 0 Å². The molecule has 0 unspecified atom stereocenters. The first-order valence-corrected chi connectivity index (χ1v) is 16.3. The van der Waals surface area contributed by atoms with Gasteiger partial charge in [0, 0.05) is 48.8 Å². The number of hydrogen-bond donors (Lipinski definition) is 0. The highest BCUT2D eigenvalue weighted by molar-refractivity contribution is 6.15. The fraction of sp³-hybridized carbons (Fsp3) is 0. The fourth-order valence-corrected chi connectivity index (χ4v) is 7.38. The number of nitrogens with zero attached hydrogens (tertiary/aromatic N) is 4. The molecule has 0 aliphatic heterocycles. The highest BCUT2D eigenvalue weighted by Gasteiger charge is 2.19. The maximum Gasteiger partial charge on any atom is 0.238 e. The lowest BCUT2D eigenvalue weighted by atomic mass is 10.0. The number of fused-ring (bicyclic) bond motifs is 11. The zero-order valence-corrected chi connectivity index (χ0v) is 26.0. The molecule has 6 nitrogen and oxygen atoms in total. The van der Waals surface area contributed by atoms with E-state index in [1.807, 2.05) is 42.5 Å². The van der Waals surface area contributed by atoms with Crippen LogP contribution in [0.1, 0.15) is 0 Å². The zero-order chi connectivity index (χ0) is 32.1. The van der Waals surface area contributed by atoms with Gasteiger partial charge in [-0.1, -0.05) is 91.0 Å². The van der Waals surface area contributed by atoms with Crippen molar-refractivity contribution < 1.29 is 8.83 Å². The summed E-state index contributed by atoms with van der Waals surface area (Å²) in [6, 6.07) is 49.8.